The topological polar surface area (TPSA) is 58.4 Å². The van der Waals surface area contributed by atoms with Crippen molar-refractivity contribution in [3.05, 3.63) is 18.7 Å². The number of fused-ring (bicyclic) bond motifs is 1. The maximum Gasteiger partial charge on any atom is 0.175 e. The van der Waals surface area contributed by atoms with Crippen molar-refractivity contribution < 1.29 is 0 Å². The number of hydrogen-bond donors (Lipinski definition) is 1. The molecule has 0 bridgehead atoms. The van der Waals surface area contributed by atoms with Crippen LogP contribution in [0.2, 0.25) is 0 Å². The van der Waals surface area contributed by atoms with E-state index in [1.54, 1.807) is 12.5 Å². The van der Waals surface area contributed by atoms with Crippen LogP contribution < -0.4 is 10.2 Å². The van der Waals surface area contributed by atoms with Crippen LogP contribution in [0.5, 0.6) is 0 Å². The van der Waals surface area contributed by atoms with Crippen LogP contribution in [0.25, 0.3) is 5.65 Å². The number of nitrogens with zero attached hydrogens (tertiary/aromatic N) is 5. The summed E-state index contributed by atoms with van der Waals surface area (Å²) in [6.07, 6.45) is 5.12. The molecule has 78 valence electrons. The molecule has 1 N–H and O–H groups in total. The molecular weight excluding hydrogens is 192 g/mol. The van der Waals surface area contributed by atoms with Crippen molar-refractivity contribution in [2.24, 2.45) is 0 Å². The van der Waals surface area contributed by atoms with Gasteiger partial charge in [0.15, 0.2) is 11.5 Å². The molecule has 0 radical (unpaired) electrons. The third-order valence-corrected chi connectivity index (χ3v) is 2.61. The van der Waals surface area contributed by atoms with Crippen LogP contribution in [-0.2, 0) is 0 Å². The standard InChI is InChI=1S/C9H12N6/c1-3-14(4-2-10-1)9-6-11-5-8-12-7-13-15(8)9/h5-7,10H,1-4H2. The number of piperazine rings is 1. The second-order valence-electron chi connectivity index (χ2n) is 3.53. The van der Waals surface area contributed by atoms with Gasteiger partial charge in [-0.2, -0.15) is 9.61 Å². The van der Waals surface area contributed by atoms with Gasteiger partial charge in [-0.3, -0.25) is 4.98 Å². The quantitative estimate of drug-likeness (QED) is 0.680. The van der Waals surface area contributed by atoms with Crippen LogP contribution >= 0.6 is 0 Å². The number of aromatic nitrogens is 4. The summed E-state index contributed by atoms with van der Waals surface area (Å²) < 4.78 is 1.83. The highest BCUT2D eigenvalue weighted by Gasteiger charge is 2.14. The van der Waals surface area contributed by atoms with Crippen molar-refractivity contribution in [2.75, 3.05) is 31.1 Å². The van der Waals surface area contributed by atoms with Crippen LogP contribution in [0.4, 0.5) is 5.82 Å². The lowest BCUT2D eigenvalue weighted by Crippen LogP contribution is -2.44. The van der Waals surface area contributed by atoms with E-state index in [0.29, 0.717) is 0 Å². The van der Waals surface area contributed by atoms with E-state index in [4.69, 9.17) is 0 Å². The summed E-state index contributed by atoms with van der Waals surface area (Å²) in [5.41, 5.74) is 0.797. The van der Waals surface area contributed by atoms with Crippen LogP contribution in [0, 0.1) is 0 Å². The average molecular weight is 204 g/mol. The molecule has 0 aliphatic carbocycles. The largest absolute Gasteiger partial charge is 0.353 e. The SMILES string of the molecule is c1nc2cncc(N3CCNCC3)n2n1. The first-order valence-electron chi connectivity index (χ1n) is 5.04. The van der Waals surface area contributed by atoms with E-state index < -0.39 is 0 Å². The summed E-state index contributed by atoms with van der Waals surface area (Å²) in [4.78, 5) is 10.6. The molecule has 1 fully saturated rings. The van der Waals surface area contributed by atoms with Crippen LogP contribution in [0.15, 0.2) is 18.7 Å². The minimum Gasteiger partial charge on any atom is -0.353 e. The molecule has 3 rings (SSSR count). The van der Waals surface area contributed by atoms with Gasteiger partial charge in [0.2, 0.25) is 0 Å². The predicted molar refractivity (Wildman–Crippen MR) is 55.9 cm³/mol. The lowest BCUT2D eigenvalue weighted by atomic mass is 10.3. The van der Waals surface area contributed by atoms with Gasteiger partial charge < -0.3 is 10.2 Å². The molecule has 2 aromatic rings. The molecule has 0 amide bonds. The van der Waals surface area contributed by atoms with E-state index in [2.05, 4.69) is 25.3 Å². The maximum absolute atomic E-state index is 4.20. The Bertz CT molecular complexity index is 458. The van der Waals surface area contributed by atoms with Gasteiger partial charge in [0.05, 0.1) is 12.4 Å². The van der Waals surface area contributed by atoms with Gasteiger partial charge in [-0.05, 0) is 0 Å². The molecular formula is C9H12N6. The molecule has 0 aromatic carbocycles. The van der Waals surface area contributed by atoms with Crippen molar-refractivity contribution in [3.63, 3.8) is 0 Å². The second kappa shape index (κ2) is 3.47. The minimum atomic E-state index is 0.797. The minimum absolute atomic E-state index is 0.797. The summed E-state index contributed by atoms with van der Waals surface area (Å²) in [5.74, 6) is 1.02. The number of rotatable bonds is 1. The van der Waals surface area contributed by atoms with Gasteiger partial charge in [0, 0.05) is 26.2 Å². The monoisotopic (exact) mass is 204 g/mol. The molecule has 0 unspecified atom stereocenters. The Balaban J connectivity index is 2.05. The van der Waals surface area contributed by atoms with Crippen LogP contribution in [0.1, 0.15) is 0 Å². The van der Waals surface area contributed by atoms with Crippen molar-refractivity contribution in [1.29, 1.82) is 0 Å². The summed E-state index contributed by atoms with van der Waals surface area (Å²) >= 11 is 0. The Hall–Kier alpha value is -1.69. The molecule has 15 heavy (non-hydrogen) atoms. The molecule has 0 saturated carbocycles. The summed E-state index contributed by atoms with van der Waals surface area (Å²) in [5, 5.41) is 7.52. The lowest BCUT2D eigenvalue weighted by Gasteiger charge is -2.28. The Morgan fingerprint density at radius 3 is 2.93 bits per heavy atom. The van der Waals surface area contributed by atoms with Gasteiger partial charge in [0.1, 0.15) is 6.33 Å². The molecule has 6 heteroatoms. The molecule has 1 aliphatic rings. The first kappa shape index (κ1) is 8.60. The van der Waals surface area contributed by atoms with Crippen molar-refractivity contribution in [2.45, 2.75) is 0 Å². The molecule has 0 spiro atoms. The van der Waals surface area contributed by atoms with Gasteiger partial charge in [0.25, 0.3) is 0 Å². The number of nitrogens with one attached hydrogen (secondary N) is 1. The molecule has 0 atom stereocenters. The van der Waals surface area contributed by atoms with E-state index in [1.807, 2.05) is 10.7 Å². The second-order valence-corrected chi connectivity index (χ2v) is 3.53. The smallest absolute Gasteiger partial charge is 0.175 e. The average Bonchev–Trinajstić information content (AvgIpc) is 2.78. The first-order valence-corrected chi connectivity index (χ1v) is 5.04. The van der Waals surface area contributed by atoms with E-state index in [0.717, 1.165) is 37.6 Å². The van der Waals surface area contributed by atoms with E-state index in [9.17, 15) is 0 Å². The molecule has 1 saturated heterocycles. The Kier molecular flexibility index (Phi) is 1.99. The predicted octanol–water partition coefficient (Wildman–Crippen LogP) is -0.466. The highest BCUT2D eigenvalue weighted by molar-refractivity contribution is 5.46. The zero-order chi connectivity index (χ0) is 10.1. The number of anilines is 1. The molecule has 3 heterocycles. The first-order chi connectivity index (χ1) is 7.45. The van der Waals surface area contributed by atoms with Crippen molar-refractivity contribution >= 4 is 11.5 Å². The van der Waals surface area contributed by atoms with Crippen LogP contribution in [-0.4, -0.2) is 45.8 Å². The maximum atomic E-state index is 4.20. The zero-order valence-corrected chi connectivity index (χ0v) is 8.30. The van der Waals surface area contributed by atoms with Crippen molar-refractivity contribution in [1.82, 2.24) is 24.9 Å². The van der Waals surface area contributed by atoms with Gasteiger partial charge in [-0.15, -0.1) is 0 Å². The number of hydrogen-bond acceptors (Lipinski definition) is 5. The van der Waals surface area contributed by atoms with E-state index >= 15 is 0 Å². The van der Waals surface area contributed by atoms with E-state index in [-0.39, 0.29) is 0 Å². The summed E-state index contributed by atoms with van der Waals surface area (Å²) in [6.45, 7) is 3.98. The van der Waals surface area contributed by atoms with Gasteiger partial charge in [-0.25, -0.2) is 4.98 Å². The Morgan fingerprint density at radius 2 is 2.07 bits per heavy atom. The summed E-state index contributed by atoms with van der Waals surface area (Å²) in [6, 6.07) is 0. The Labute approximate surface area is 86.9 Å². The van der Waals surface area contributed by atoms with Gasteiger partial charge in [-0.1, -0.05) is 0 Å². The van der Waals surface area contributed by atoms with Crippen molar-refractivity contribution in [3.8, 4) is 0 Å². The highest BCUT2D eigenvalue weighted by atomic mass is 15.4. The molecule has 1 aliphatic heterocycles. The lowest BCUT2D eigenvalue weighted by molar-refractivity contribution is 0.579. The van der Waals surface area contributed by atoms with E-state index in [1.165, 1.54) is 0 Å². The van der Waals surface area contributed by atoms with Gasteiger partial charge >= 0.3 is 0 Å². The third kappa shape index (κ3) is 1.42. The fourth-order valence-corrected chi connectivity index (χ4v) is 1.85. The fraction of sp³-hybridized carbons (Fsp3) is 0.444. The molecule has 2 aromatic heterocycles. The third-order valence-electron chi connectivity index (χ3n) is 2.61. The zero-order valence-electron chi connectivity index (χ0n) is 8.30. The Morgan fingerprint density at radius 1 is 1.20 bits per heavy atom. The highest BCUT2D eigenvalue weighted by Crippen LogP contribution is 2.13. The van der Waals surface area contributed by atoms with Crippen LogP contribution in [0.3, 0.4) is 0 Å². The summed E-state index contributed by atoms with van der Waals surface area (Å²) in [7, 11) is 0. The fourth-order valence-electron chi connectivity index (χ4n) is 1.85. The normalized spacial score (nSPS) is 17.2. The molecule has 6 nitrogen and oxygen atoms in total.